The average molecular weight is 1060 g/mol. The molecule has 1 fully saturated rings. The third-order valence-electron chi connectivity index (χ3n) is 12.7. The number of carbonyl (C=O) groups is 9. The van der Waals surface area contributed by atoms with E-state index < -0.39 is 98.7 Å². The van der Waals surface area contributed by atoms with Crippen LogP contribution in [0.4, 0.5) is 10.5 Å². The van der Waals surface area contributed by atoms with Gasteiger partial charge in [-0.25, -0.2) is 17.9 Å². The summed E-state index contributed by atoms with van der Waals surface area (Å²) in [6.07, 6.45) is 5.78. The molecule has 0 saturated carbocycles. The van der Waals surface area contributed by atoms with Crippen molar-refractivity contribution in [3.63, 3.8) is 0 Å². The van der Waals surface area contributed by atoms with E-state index in [2.05, 4.69) is 31.3 Å². The summed E-state index contributed by atoms with van der Waals surface area (Å²) in [5, 5.41) is 13.5. The third-order valence-corrected chi connectivity index (χ3v) is 14.0. The highest BCUT2D eigenvalue weighted by molar-refractivity contribution is 7.90. The van der Waals surface area contributed by atoms with Gasteiger partial charge in [0.15, 0.2) is 0 Å². The number of nitrogens with zero attached hydrogens (tertiary/aromatic N) is 3. The Bertz CT molecular complexity index is 2380. The van der Waals surface area contributed by atoms with Gasteiger partial charge in [0.1, 0.15) is 18.1 Å². The first-order valence-electron chi connectivity index (χ1n) is 25.0. The smallest absolute Gasteiger partial charge is 0.312 e. The second-order valence-corrected chi connectivity index (χ2v) is 23.2. The number of imide groups is 1. The highest BCUT2D eigenvalue weighted by Gasteiger charge is 2.40. The van der Waals surface area contributed by atoms with Crippen LogP contribution >= 0.6 is 0 Å². The van der Waals surface area contributed by atoms with E-state index in [0.29, 0.717) is 6.42 Å². The zero-order valence-electron chi connectivity index (χ0n) is 45.3. The number of benzene rings is 1. The molecular formula is C51H80N10O12S. The Morgan fingerprint density at radius 2 is 1.49 bits per heavy atom. The molecule has 6 atom stereocenters. The van der Waals surface area contributed by atoms with Gasteiger partial charge in [0.2, 0.25) is 29.5 Å². The Kier molecular flexibility index (Phi) is 22.5. The number of nitrogens with two attached hydrogens (primary N) is 1. The molecule has 74 heavy (non-hydrogen) atoms. The number of rotatable bonds is 25. The number of sulfonamides is 1. The van der Waals surface area contributed by atoms with Gasteiger partial charge in [-0.1, -0.05) is 61.0 Å². The van der Waals surface area contributed by atoms with Crippen LogP contribution in [0.2, 0.25) is 0 Å². The zero-order chi connectivity index (χ0) is 56.0. The molecular weight excluding hydrogens is 977 g/mol. The zero-order valence-corrected chi connectivity index (χ0v) is 46.1. The quantitative estimate of drug-likeness (QED) is 0.0421. The van der Waals surface area contributed by atoms with Crippen molar-refractivity contribution in [2.75, 3.05) is 39.0 Å². The van der Waals surface area contributed by atoms with Crippen LogP contribution in [-0.2, 0) is 53.1 Å². The van der Waals surface area contributed by atoms with Crippen molar-refractivity contribution < 1.29 is 56.3 Å². The number of amides is 10. The molecule has 1 aromatic rings. The molecule has 0 spiro atoms. The van der Waals surface area contributed by atoms with Gasteiger partial charge < -0.3 is 42.0 Å². The SMILES string of the molecule is C/C(=C\[C@H](C(C)C)N(C)C(=O)C(NC(=O)[C@H]1CCCCN1C)C(C)(C)C)C(=O)NS(=O)(=O)c1ccc(NC(=O)[C@H](CCCNC(N)=O)NC(=O)C(NC(=O)CC(C)(C)OC(C)CN2C(=O)C=CC2=O)C(C)C)cc1. The molecule has 23 heteroatoms. The van der Waals surface area contributed by atoms with E-state index in [1.54, 1.807) is 41.7 Å². The van der Waals surface area contributed by atoms with Crippen LogP contribution in [-0.4, -0.2) is 152 Å². The molecule has 3 rings (SSSR count). The van der Waals surface area contributed by atoms with Crippen LogP contribution in [0.1, 0.15) is 115 Å². The minimum atomic E-state index is -4.47. The lowest BCUT2D eigenvalue weighted by molar-refractivity contribution is -0.145. The molecule has 1 saturated heterocycles. The van der Waals surface area contributed by atoms with Crippen LogP contribution in [0.25, 0.3) is 0 Å². The molecule has 0 aliphatic carbocycles. The molecule has 3 unspecified atom stereocenters. The van der Waals surface area contributed by atoms with Crippen LogP contribution in [0.3, 0.4) is 0 Å². The normalized spacial score (nSPS) is 17.7. The first-order valence-corrected chi connectivity index (χ1v) is 26.5. The number of urea groups is 1. The van der Waals surface area contributed by atoms with Crippen molar-refractivity contribution in [2.45, 2.75) is 161 Å². The fourth-order valence-electron chi connectivity index (χ4n) is 8.62. The summed E-state index contributed by atoms with van der Waals surface area (Å²) < 4.78 is 35.1. The van der Waals surface area contributed by atoms with Crippen molar-refractivity contribution >= 4 is 69.0 Å². The molecule has 0 radical (unpaired) electrons. The number of ether oxygens (including phenoxy) is 1. The van der Waals surface area contributed by atoms with E-state index >= 15 is 0 Å². The number of carbonyl (C=O) groups excluding carboxylic acids is 9. The Labute approximate surface area is 436 Å². The molecule has 2 aliphatic rings. The molecule has 1 aromatic carbocycles. The molecule has 2 heterocycles. The van der Waals surface area contributed by atoms with Crippen molar-refractivity contribution in [2.24, 2.45) is 23.0 Å². The maximum atomic E-state index is 14.1. The highest BCUT2D eigenvalue weighted by Crippen LogP contribution is 2.26. The summed E-state index contributed by atoms with van der Waals surface area (Å²) in [4.78, 5) is 121. The van der Waals surface area contributed by atoms with Gasteiger partial charge in [0.05, 0.1) is 41.6 Å². The van der Waals surface area contributed by atoms with E-state index in [-0.39, 0.29) is 72.3 Å². The van der Waals surface area contributed by atoms with Crippen LogP contribution in [0.15, 0.2) is 53.0 Å². The number of hydrogen-bond acceptors (Lipinski definition) is 13. The van der Waals surface area contributed by atoms with Crippen molar-refractivity contribution in [1.29, 1.82) is 0 Å². The maximum Gasteiger partial charge on any atom is 0.312 e. The standard InChI is InChI=1S/C51H80N10O12S/c1-30(2)38(60(13)48(69)43(50(7,8)9)57-46(67)37-18-14-15-26-59(37)12)27-32(5)44(65)58-74(71,72)35-21-19-34(20-22-35)54-45(66)36(17-16-25-53-49(52)70)55-47(68)42(31(3)4)56-39(62)28-51(10,11)73-33(6)29-61-40(63)23-24-41(61)64/h19-24,27,30-31,33,36-38,42-43H,14-18,25-26,28-29H2,1-13H3,(H,54,66)(H,55,68)(H,56,62)(H,57,67)(H,58,65)(H3,52,53,70)/b32-27+/t33?,36-,37+,38+,42?,43?/m0/s1. The van der Waals surface area contributed by atoms with E-state index in [1.165, 1.54) is 42.2 Å². The molecule has 10 amide bonds. The molecule has 8 N–H and O–H groups in total. The monoisotopic (exact) mass is 1060 g/mol. The lowest BCUT2D eigenvalue weighted by Gasteiger charge is -2.39. The van der Waals surface area contributed by atoms with Gasteiger partial charge >= 0.3 is 6.03 Å². The fourth-order valence-corrected chi connectivity index (χ4v) is 9.64. The lowest BCUT2D eigenvalue weighted by Crippen LogP contribution is -2.59. The number of nitrogens with one attached hydrogen (secondary N) is 6. The Morgan fingerprint density at radius 3 is 2.03 bits per heavy atom. The molecule has 2 aliphatic heterocycles. The summed E-state index contributed by atoms with van der Waals surface area (Å²) >= 11 is 0. The van der Waals surface area contributed by atoms with Crippen molar-refractivity contribution in [3.8, 4) is 0 Å². The number of anilines is 1. The summed E-state index contributed by atoms with van der Waals surface area (Å²) in [6, 6.07) is -0.125. The average Bonchev–Trinajstić information content (AvgIpc) is 3.60. The van der Waals surface area contributed by atoms with Gasteiger partial charge in [0, 0.05) is 37.0 Å². The molecule has 412 valence electrons. The van der Waals surface area contributed by atoms with Gasteiger partial charge in [-0.3, -0.25) is 48.2 Å². The second-order valence-electron chi connectivity index (χ2n) is 21.6. The van der Waals surface area contributed by atoms with E-state index in [9.17, 15) is 51.6 Å². The minimum Gasteiger partial charge on any atom is -0.370 e. The topological polar surface area (TPSA) is 305 Å². The van der Waals surface area contributed by atoms with E-state index in [0.717, 1.165) is 36.4 Å². The summed E-state index contributed by atoms with van der Waals surface area (Å²) in [6.45, 7) is 19.9. The number of primary amides is 1. The minimum absolute atomic E-state index is 0.00582. The molecule has 0 bridgehead atoms. The van der Waals surface area contributed by atoms with Gasteiger partial charge in [0.25, 0.3) is 27.7 Å². The highest BCUT2D eigenvalue weighted by atomic mass is 32.2. The third kappa shape index (κ3) is 18.6. The van der Waals surface area contributed by atoms with Crippen LogP contribution < -0.4 is 37.0 Å². The van der Waals surface area contributed by atoms with Crippen molar-refractivity contribution in [1.82, 2.24) is 40.7 Å². The summed E-state index contributed by atoms with van der Waals surface area (Å²) in [7, 11) is -1.00. The predicted octanol–water partition coefficient (Wildman–Crippen LogP) is 2.45. The fraction of sp³-hybridized carbons (Fsp3) is 0.627. The Balaban J connectivity index is 1.71. The van der Waals surface area contributed by atoms with Gasteiger partial charge in [-0.15, -0.1) is 0 Å². The van der Waals surface area contributed by atoms with E-state index in [4.69, 9.17) is 10.5 Å². The summed E-state index contributed by atoms with van der Waals surface area (Å²) in [5.41, 5.74) is 3.60. The molecule has 22 nitrogen and oxygen atoms in total. The number of likely N-dealkylation sites (N-methyl/N-ethyl adjacent to an activating group) is 2. The lowest BCUT2D eigenvalue weighted by atomic mass is 9.84. The van der Waals surface area contributed by atoms with Gasteiger partial charge in [-0.2, -0.15) is 0 Å². The van der Waals surface area contributed by atoms with Gasteiger partial charge in [-0.05, 0) is 108 Å². The maximum absolute atomic E-state index is 14.1. The second kappa shape index (κ2) is 26.8. The number of piperidine rings is 1. The van der Waals surface area contributed by atoms with E-state index in [1.807, 2.05) is 46.6 Å². The van der Waals surface area contributed by atoms with Crippen LogP contribution in [0, 0.1) is 17.3 Å². The number of hydrogen-bond donors (Lipinski definition) is 7. The number of likely N-dealkylation sites (tertiary alicyclic amines) is 1. The van der Waals surface area contributed by atoms with Crippen LogP contribution in [0.5, 0.6) is 0 Å². The first-order chi connectivity index (χ1) is 34.2. The van der Waals surface area contributed by atoms with Crippen molar-refractivity contribution in [3.05, 3.63) is 48.1 Å². The first kappa shape index (κ1) is 62.1. The predicted molar refractivity (Wildman–Crippen MR) is 278 cm³/mol. The Hall–Kier alpha value is -6.20. The largest absolute Gasteiger partial charge is 0.370 e. The summed E-state index contributed by atoms with van der Waals surface area (Å²) in [5.74, 6) is -5.11. The molecule has 0 aromatic heterocycles. The Morgan fingerprint density at radius 1 is 0.878 bits per heavy atom.